The van der Waals surface area contributed by atoms with Crippen molar-refractivity contribution < 1.29 is 4.79 Å². The molecule has 0 atom stereocenters. The Morgan fingerprint density at radius 1 is 1.43 bits per heavy atom. The molecule has 0 bridgehead atoms. The second-order valence-electron chi connectivity index (χ2n) is 3.12. The lowest BCUT2D eigenvalue weighted by Crippen LogP contribution is -2.29. The quantitative estimate of drug-likeness (QED) is 0.661. The molecule has 72 valence electrons. The van der Waals surface area contributed by atoms with Gasteiger partial charge in [-0.25, -0.2) is 4.98 Å². The van der Waals surface area contributed by atoms with Crippen LogP contribution in [0.5, 0.6) is 0 Å². The van der Waals surface area contributed by atoms with E-state index >= 15 is 0 Å². The summed E-state index contributed by atoms with van der Waals surface area (Å²) in [5.74, 6) is -0.104. The molecule has 0 fully saturated rings. The molecule has 1 amide bonds. The fourth-order valence-electron chi connectivity index (χ4n) is 1.39. The number of nitrogens with two attached hydrogens (primary N) is 1. The van der Waals surface area contributed by atoms with E-state index in [2.05, 4.69) is 4.98 Å². The van der Waals surface area contributed by atoms with E-state index in [0.717, 1.165) is 0 Å². The summed E-state index contributed by atoms with van der Waals surface area (Å²) in [7, 11) is 0. The van der Waals surface area contributed by atoms with Crippen molar-refractivity contribution in [2.45, 2.75) is 0 Å². The summed E-state index contributed by atoms with van der Waals surface area (Å²) in [6, 6.07) is 3.40. The predicted molar refractivity (Wildman–Crippen MR) is 53.7 cm³/mol. The Balaban J connectivity index is 2.23. The lowest BCUT2D eigenvalue weighted by molar-refractivity contribution is 0.0795. The molecule has 1 aromatic rings. The SMILES string of the molecule is Nc1cccnc1C(=O)N1CC=CC1. The Bertz CT molecular complexity index is 379. The standard InChI is InChI=1S/C10H11N3O/c11-8-4-3-5-12-9(8)10(14)13-6-1-2-7-13/h1-5H,6-7,11H2. The molecular weight excluding hydrogens is 178 g/mol. The molecule has 2 heterocycles. The van der Waals surface area contributed by atoms with E-state index in [4.69, 9.17) is 5.73 Å². The van der Waals surface area contributed by atoms with Gasteiger partial charge in [0, 0.05) is 19.3 Å². The summed E-state index contributed by atoms with van der Waals surface area (Å²) in [6.45, 7) is 1.30. The summed E-state index contributed by atoms with van der Waals surface area (Å²) in [6.07, 6.45) is 5.49. The maximum Gasteiger partial charge on any atom is 0.275 e. The summed E-state index contributed by atoms with van der Waals surface area (Å²) < 4.78 is 0. The van der Waals surface area contributed by atoms with Crippen molar-refractivity contribution in [3.63, 3.8) is 0 Å². The molecule has 4 heteroatoms. The normalized spacial score (nSPS) is 14.7. The molecule has 1 aliphatic rings. The summed E-state index contributed by atoms with van der Waals surface area (Å²) >= 11 is 0. The average molecular weight is 189 g/mol. The number of carbonyl (C=O) groups is 1. The Morgan fingerprint density at radius 3 is 2.79 bits per heavy atom. The molecule has 0 saturated heterocycles. The van der Waals surface area contributed by atoms with E-state index in [-0.39, 0.29) is 5.91 Å². The topological polar surface area (TPSA) is 59.2 Å². The van der Waals surface area contributed by atoms with Gasteiger partial charge in [0.2, 0.25) is 0 Å². The van der Waals surface area contributed by atoms with Crippen molar-refractivity contribution in [2.24, 2.45) is 0 Å². The number of hydrogen-bond acceptors (Lipinski definition) is 3. The van der Waals surface area contributed by atoms with Crippen LogP contribution in [0.15, 0.2) is 30.5 Å². The molecule has 1 aromatic heterocycles. The van der Waals surface area contributed by atoms with Gasteiger partial charge in [-0.15, -0.1) is 0 Å². The van der Waals surface area contributed by atoms with E-state index in [9.17, 15) is 4.79 Å². The van der Waals surface area contributed by atoms with Crippen LogP contribution in [0.3, 0.4) is 0 Å². The van der Waals surface area contributed by atoms with Crippen LogP contribution in [-0.4, -0.2) is 28.9 Å². The van der Waals surface area contributed by atoms with Gasteiger partial charge in [-0.1, -0.05) is 12.2 Å². The van der Waals surface area contributed by atoms with Gasteiger partial charge in [-0.2, -0.15) is 0 Å². The summed E-state index contributed by atoms with van der Waals surface area (Å²) in [5, 5.41) is 0. The number of nitrogens with zero attached hydrogens (tertiary/aromatic N) is 2. The second-order valence-corrected chi connectivity index (χ2v) is 3.12. The third kappa shape index (κ3) is 1.46. The van der Waals surface area contributed by atoms with Gasteiger partial charge in [0.25, 0.3) is 5.91 Å². The number of rotatable bonds is 1. The first-order chi connectivity index (χ1) is 6.79. The first-order valence-electron chi connectivity index (χ1n) is 4.44. The number of amides is 1. The minimum Gasteiger partial charge on any atom is -0.397 e. The first kappa shape index (κ1) is 8.74. The summed E-state index contributed by atoms with van der Waals surface area (Å²) in [4.78, 5) is 17.5. The van der Waals surface area contributed by atoms with Gasteiger partial charge < -0.3 is 10.6 Å². The van der Waals surface area contributed by atoms with Gasteiger partial charge in [-0.3, -0.25) is 4.79 Å². The molecule has 2 rings (SSSR count). The number of anilines is 1. The first-order valence-corrected chi connectivity index (χ1v) is 4.44. The average Bonchev–Trinajstić information content (AvgIpc) is 2.70. The van der Waals surface area contributed by atoms with Crippen molar-refractivity contribution in [2.75, 3.05) is 18.8 Å². The molecule has 0 radical (unpaired) electrons. The van der Waals surface area contributed by atoms with Crippen LogP contribution >= 0.6 is 0 Å². The molecule has 14 heavy (non-hydrogen) atoms. The Hall–Kier alpha value is -1.84. The second kappa shape index (κ2) is 3.49. The summed E-state index contributed by atoms with van der Waals surface area (Å²) in [5.41, 5.74) is 6.44. The molecule has 4 nitrogen and oxygen atoms in total. The number of hydrogen-bond donors (Lipinski definition) is 1. The molecule has 0 aromatic carbocycles. The number of carbonyl (C=O) groups excluding carboxylic acids is 1. The smallest absolute Gasteiger partial charge is 0.275 e. The highest BCUT2D eigenvalue weighted by molar-refractivity contribution is 5.97. The highest BCUT2D eigenvalue weighted by Crippen LogP contribution is 2.12. The van der Waals surface area contributed by atoms with Crippen LogP contribution in [0.2, 0.25) is 0 Å². The molecule has 0 spiro atoms. The Morgan fingerprint density at radius 2 is 2.14 bits per heavy atom. The molecule has 2 N–H and O–H groups in total. The number of nitrogen functional groups attached to an aromatic ring is 1. The van der Waals surface area contributed by atoms with E-state index in [1.807, 2.05) is 12.2 Å². The van der Waals surface area contributed by atoms with Crippen LogP contribution in [0.25, 0.3) is 0 Å². The van der Waals surface area contributed by atoms with Gasteiger partial charge >= 0.3 is 0 Å². The van der Waals surface area contributed by atoms with Crippen molar-refractivity contribution in [3.05, 3.63) is 36.2 Å². The largest absolute Gasteiger partial charge is 0.397 e. The molecule has 0 aliphatic carbocycles. The zero-order valence-electron chi connectivity index (χ0n) is 7.68. The molecule has 0 saturated carbocycles. The van der Waals surface area contributed by atoms with Crippen LogP contribution in [0.4, 0.5) is 5.69 Å². The van der Waals surface area contributed by atoms with E-state index in [1.54, 1.807) is 23.2 Å². The maximum atomic E-state index is 11.8. The number of pyridine rings is 1. The fourth-order valence-corrected chi connectivity index (χ4v) is 1.39. The van der Waals surface area contributed by atoms with Crippen molar-refractivity contribution in [1.82, 2.24) is 9.88 Å². The lowest BCUT2D eigenvalue weighted by Gasteiger charge is -2.15. The van der Waals surface area contributed by atoms with E-state index in [1.165, 1.54) is 0 Å². The maximum absolute atomic E-state index is 11.8. The van der Waals surface area contributed by atoms with E-state index in [0.29, 0.717) is 24.5 Å². The highest BCUT2D eigenvalue weighted by atomic mass is 16.2. The third-order valence-electron chi connectivity index (χ3n) is 2.15. The molecule has 1 aliphatic heterocycles. The monoisotopic (exact) mass is 189 g/mol. The van der Waals surface area contributed by atoms with Crippen LogP contribution in [-0.2, 0) is 0 Å². The van der Waals surface area contributed by atoms with Gasteiger partial charge in [-0.05, 0) is 12.1 Å². The zero-order valence-corrected chi connectivity index (χ0v) is 7.68. The van der Waals surface area contributed by atoms with Gasteiger partial charge in [0.1, 0.15) is 0 Å². The minimum absolute atomic E-state index is 0.104. The van der Waals surface area contributed by atoms with Crippen LogP contribution in [0.1, 0.15) is 10.5 Å². The zero-order chi connectivity index (χ0) is 9.97. The third-order valence-corrected chi connectivity index (χ3v) is 2.15. The van der Waals surface area contributed by atoms with E-state index < -0.39 is 0 Å². The Kier molecular flexibility index (Phi) is 2.18. The highest BCUT2D eigenvalue weighted by Gasteiger charge is 2.19. The van der Waals surface area contributed by atoms with Gasteiger partial charge in [0.05, 0.1) is 5.69 Å². The predicted octanol–water partition coefficient (Wildman–Crippen LogP) is 0.676. The van der Waals surface area contributed by atoms with Crippen molar-refractivity contribution in [1.29, 1.82) is 0 Å². The van der Waals surface area contributed by atoms with Gasteiger partial charge in [0.15, 0.2) is 5.69 Å². The van der Waals surface area contributed by atoms with Crippen LogP contribution in [0, 0.1) is 0 Å². The number of aromatic nitrogens is 1. The fraction of sp³-hybridized carbons (Fsp3) is 0.200. The molecular formula is C10H11N3O. The van der Waals surface area contributed by atoms with Crippen molar-refractivity contribution in [3.8, 4) is 0 Å². The minimum atomic E-state index is -0.104. The van der Waals surface area contributed by atoms with Crippen molar-refractivity contribution >= 4 is 11.6 Å². The Labute approximate surface area is 82.0 Å². The lowest BCUT2D eigenvalue weighted by atomic mass is 10.2. The molecule has 0 unspecified atom stereocenters. The van der Waals surface area contributed by atoms with Crippen LogP contribution < -0.4 is 5.73 Å².